The van der Waals surface area contributed by atoms with E-state index in [0.29, 0.717) is 18.7 Å². The van der Waals surface area contributed by atoms with E-state index in [1.807, 2.05) is 60.5 Å². The number of aromatic nitrogens is 2. The molecule has 3 aromatic rings. The van der Waals surface area contributed by atoms with Gasteiger partial charge in [0, 0.05) is 38.8 Å². The summed E-state index contributed by atoms with van der Waals surface area (Å²) in [6.07, 6.45) is 0. The highest BCUT2D eigenvalue weighted by molar-refractivity contribution is 5.94. The molecule has 0 N–H and O–H groups in total. The zero-order chi connectivity index (χ0) is 19.3. The summed E-state index contributed by atoms with van der Waals surface area (Å²) in [6.45, 7) is 5.35. The summed E-state index contributed by atoms with van der Waals surface area (Å²) in [5, 5.41) is 0. The number of aryl methyl sites for hydroxylation is 1. The van der Waals surface area contributed by atoms with E-state index in [1.54, 1.807) is 0 Å². The average Bonchev–Trinajstić information content (AvgIpc) is 3.07. The molecule has 0 aliphatic carbocycles. The number of rotatable bonds is 6. The van der Waals surface area contributed by atoms with E-state index >= 15 is 0 Å². The van der Waals surface area contributed by atoms with Gasteiger partial charge in [-0.2, -0.15) is 0 Å². The summed E-state index contributed by atoms with van der Waals surface area (Å²) in [7, 11) is 2.01. The van der Waals surface area contributed by atoms with E-state index in [9.17, 15) is 4.79 Å². The third kappa shape index (κ3) is 4.08. The molecule has 0 atom stereocenters. The van der Waals surface area contributed by atoms with Crippen LogP contribution in [0, 0.1) is 0 Å². The van der Waals surface area contributed by atoms with Gasteiger partial charge in [0.25, 0.3) is 5.91 Å². The first-order chi connectivity index (χ1) is 13.7. The monoisotopic (exact) mass is 378 g/mol. The van der Waals surface area contributed by atoms with Crippen molar-refractivity contribution >= 4 is 16.9 Å². The van der Waals surface area contributed by atoms with Crippen molar-refractivity contribution in [3.63, 3.8) is 0 Å². The van der Waals surface area contributed by atoms with Crippen LogP contribution >= 0.6 is 0 Å². The summed E-state index contributed by atoms with van der Waals surface area (Å²) < 4.78 is 7.51. The molecular formula is C22H26N4O2. The summed E-state index contributed by atoms with van der Waals surface area (Å²) >= 11 is 0. The maximum absolute atomic E-state index is 13.2. The zero-order valence-electron chi connectivity index (χ0n) is 16.3. The fourth-order valence-corrected chi connectivity index (χ4v) is 3.61. The maximum Gasteiger partial charge on any atom is 0.254 e. The highest BCUT2D eigenvalue weighted by Gasteiger charge is 2.20. The molecule has 1 fully saturated rings. The van der Waals surface area contributed by atoms with Crippen LogP contribution in [0.2, 0.25) is 0 Å². The Morgan fingerprint density at radius 1 is 1.07 bits per heavy atom. The zero-order valence-corrected chi connectivity index (χ0v) is 16.3. The van der Waals surface area contributed by atoms with Gasteiger partial charge < -0.3 is 14.2 Å². The molecule has 28 heavy (non-hydrogen) atoms. The number of ether oxygens (including phenoxy) is 1. The molecule has 6 nitrogen and oxygen atoms in total. The summed E-state index contributed by atoms with van der Waals surface area (Å²) in [5.74, 6) is 0.938. The number of amides is 1. The van der Waals surface area contributed by atoms with Gasteiger partial charge >= 0.3 is 0 Å². The number of hydrogen-bond acceptors (Lipinski definition) is 4. The van der Waals surface area contributed by atoms with E-state index in [1.165, 1.54) is 0 Å². The molecule has 0 saturated carbocycles. The van der Waals surface area contributed by atoms with Gasteiger partial charge in [-0.3, -0.25) is 9.69 Å². The second-order valence-corrected chi connectivity index (χ2v) is 7.12. The molecule has 1 aliphatic heterocycles. The highest BCUT2D eigenvalue weighted by atomic mass is 16.5. The van der Waals surface area contributed by atoms with Gasteiger partial charge in [0.1, 0.15) is 5.82 Å². The molecule has 0 unspecified atom stereocenters. The number of nitrogens with zero attached hydrogens (tertiary/aromatic N) is 4. The first-order valence-electron chi connectivity index (χ1n) is 9.77. The summed E-state index contributed by atoms with van der Waals surface area (Å²) in [5.41, 5.74) is 2.75. The van der Waals surface area contributed by atoms with E-state index in [-0.39, 0.29) is 5.91 Å². The van der Waals surface area contributed by atoms with Gasteiger partial charge in [-0.25, -0.2) is 4.98 Å². The lowest BCUT2D eigenvalue weighted by Crippen LogP contribution is -2.43. The van der Waals surface area contributed by atoms with E-state index in [0.717, 1.165) is 49.7 Å². The minimum absolute atomic E-state index is 0.0425. The second-order valence-electron chi connectivity index (χ2n) is 7.12. The average molecular weight is 378 g/mol. The first-order valence-corrected chi connectivity index (χ1v) is 9.77. The molecule has 1 aromatic heterocycles. The molecule has 0 spiro atoms. The standard InChI is InChI=1S/C22H26N4O2/c1-24-20-10-6-5-9-19(20)23-21(24)17-26(12-11-25-13-15-28-16-14-25)22(27)18-7-3-2-4-8-18/h2-10H,11-17H2,1H3. The first kappa shape index (κ1) is 18.7. The van der Waals surface area contributed by atoms with Gasteiger partial charge in [0.15, 0.2) is 0 Å². The van der Waals surface area contributed by atoms with E-state index in [2.05, 4.69) is 15.5 Å². The Labute approximate surface area is 165 Å². The minimum atomic E-state index is 0.0425. The lowest BCUT2D eigenvalue weighted by molar-refractivity contribution is 0.0318. The van der Waals surface area contributed by atoms with Gasteiger partial charge in [-0.1, -0.05) is 30.3 Å². The predicted octanol–water partition coefficient (Wildman–Crippen LogP) is 2.55. The molecule has 4 rings (SSSR count). The van der Waals surface area contributed by atoms with Crippen molar-refractivity contribution < 1.29 is 9.53 Å². The Kier molecular flexibility index (Phi) is 5.69. The molecule has 2 aromatic carbocycles. The number of benzene rings is 2. The van der Waals surface area contributed by atoms with Crippen molar-refractivity contribution in [2.24, 2.45) is 7.05 Å². The predicted molar refractivity (Wildman–Crippen MR) is 109 cm³/mol. The van der Waals surface area contributed by atoms with Crippen molar-refractivity contribution in [3.05, 3.63) is 66.0 Å². The molecule has 146 valence electrons. The quantitative estimate of drug-likeness (QED) is 0.662. The van der Waals surface area contributed by atoms with Gasteiger partial charge in [0.2, 0.25) is 0 Å². The van der Waals surface area contributed by atoms with Crippen molar-refractivity contribution in [3.8, 4) is 0 Å². The fraction of sp³-hybridized carbons (Fsp3) is 0.364. The van der Waals surface area contributed by atoms with Crippen molar-refractivity contribution in [2.45, 2.75) is 6.54 Å². The van der Waals surface area contributed by atoms with Crippen LogP contribution in [0.3, 0.4) is 0 Å². The number of imidazole rings is 1. The minimum Gasteiger partial charge on any atom is -0.379 e. The number of fused-ring (bicyclic) bond motifs is 1. The fourth-order valence-electron chi connectivity index (χ4n) is 3.61. The molecule has 0 radical (unpaired) electrons. The van der Waals surface area contributed by atoms with E-state index < -0.39 is 0 Å². The van der Waals surface area contributed by atoms with Gasteiger partial charge in [-0.15, -0.1) is 0 Å². The van der Waals surface area contributed by atoms with Crippen LogP contribution in [0.1, 0.15) is 16.2 Å². The van der Waals surface area contributed by atoms with Crippen LogP contribution in [0.15, 0.2) is 54.6 Å². The molecule has 6 heteroatoms. The van der Waals surface area contributed by atoms with Crippen LogP contribution in [0.5, 0.6) is 0 Å². The van der Waals surface area contributed by atoms with Crippen molar-refractivity contribution in [1.29, 1.82) is 0 Å². The van der Waals surface area contributed by atoms with Crippen LogP contribution in [-0.2, 0) is 18.3 Å². The Morgan fingerprint density at radius 3 is 2.54 bits per heavy atom. The van der Waals surface area contributed by atoms with Crippen molar-refractivity contribution in [1.82, 2.24) is 19.4 Å². The van der Waals surface area contributed by atoms with E-state index in [4.69, 9.17) is 9.72 Å². The lowest BCUT2D eigenvalue weighted by atomic mass is 10.2. The molecule has 0 bridgehead atoms. The summed E-state index contributed by atoms with van der Waals surface area (Å²) in [6, 6.07) is 17.6. The Morgan fingerprint density at radius 2 is 1.79 bits per heavy atom. The molecule has 1 saturated heterocycles. The highest BCUT2D eigenvalue weighted by Crippen LogP contribution is 2.17. The molecule has 1 amide bonds. The SMILES string of the molecule is Cn1c(CN(CCN2CCOCC2)C(=O)c2ccccc2)nc2ccccc21. The number of carbonyl (C=O) groups is 1. The molecule has 2 heterocycles. The van der Waals surface area contributed by atoms with Gasteiger partial charge in [-0.05, 0) is 24.3 Å². The van der Waals surface area contributed by atoms with Crippen LogP contribution in [-0.4, -0.2) is 64.7 Å². The number of hydrogen-bond donors (Lipinski definition) is 0. The normalized spacial score (nSPS) is 15.0. The van der Waals surface area contributed by atoms with Crippen LogP contribution in [0.25, 0.3) is 11.0 Å². The lowest BCUT2D eigenvalue weighted by Gasteiger charge is -2.30. The van der Waals surface area contributed by atoms with Crippen LogP contribution in [0.4, 0.5) is 0 Å². The summed E-state index contributed by atoms with van der Waals surface area (Å²) in [4.78, 5) is 22.2. The second kappa shape index (κ2) is 8.54. The number of morpholine rings is 1. The van der Waals surface area contributed by atoms with Gasteiger partial charge in [0.05, 0.1) is 30.8 Å². The van der Waals surface area contributed by atoms with Crippen LogP contribution < -0.4 is 0 Å². The Hall–Kier alpha value is -2.70. The van der Waals surface area contributed by atoms with Crippen molar-refractivity contribution in [2.75, 3.05) is 39.4 Å². The third-order valence-corrected chi connectivity index (χ3v) is 5.31. The topological polar surface area (TPSA) is 50.6 Å². The maximum atomic E-state index is 13.2. The third-order valence-electron chi connectivity index (χ3n) is 5.31. The number of carbonyl (C=O) groups excluding carboxylic acids is 1. The smallest absolute Gasteiger partial charge is 0.254 e. The Bertz CT molecular complexity index is 932. The largest absolute Gasteiger partial charge is 0.379 e. The molecular weight excluding hydrogens is 352 g/mol. The molecule has 1 aliphatic rings. The Balaban J connectivity index is 1.56. The number of para-hydroxylation sites is 2.